The van der Waals surface area contributed by atoms with E-state index in [1.807, 2.05) is 125 Å². The highest BCUT2D eigenvalue weighted by Gasteiger charge is 2.48. The van der Waals surface area contributed by atoms with E-state index >= 15 is 0 Å². The van der Waals surface area contributed by atoms with Crippen LogP contribution < -0.4 is 5.32 Å². The number of nitrogens with zero attached hydrogens (tertiary/aromatic N) is 3. The van der Waals surface area contributed by atoms with Gasteiger partial charge in [0.1, 0.15) is 23.1 Å². The van der Waals surface area contributed by atoms with Gasteiger partial charge in [0.15, 0.2) is 0 Å². The van der Waals surface area contributed by atoms with Crippen molar-refractivity contribution in [2.75, 3.05) is 39.4 Å². The van der Waals surface area contributed by atoms with Crippen molar-refractivity contribution in [2.45, 2.75) is 247 Å². The van der Waals surface area contributed by atoms with Crippen LogP contribution in [0.3, 0.4) is 0 Å². The van der Waals surface area contributed by atoms with Crippen LogP contribution in [0, 0.1) is 73.9 Å². The summed E-state index contributed by atoms with van der Waals surface area (Å²) in [6.07, 6.45) is 12.8. The molecule has 3 heterocycles. The zero-order valence-electron chi connectivity index (χ0n) is 55.0. The first-order chi connectivity index (χ1) is 38.0. The Bertz CT molecular complexity index is 2280. The molecule has 3 unspecified atom stereocenters. The van der Waals surface area contributed by atoms with Crippen LogP contribution in [0.1, 0.15) is 247 Å². The second-order valence-electron chi connectivity index (χ2n) is 31.2. The molecule has 0 aromatic carbocycles. The molecule has 2 aliphatic carbocycles. The average molecular weight is 1170 g/mol. The molecule has 5 aliphatic rings. The quantitative estimate of drug-likeness (QED) is 0.0791. The van der Waals surface area contributed by atoms with Gasteiger partial charge in [-0.3, -0.25) is 67.4 Å². The number of likely N-dealkylation sites (tertiary alicyclic amines) is 3. The summed E-state index contributed by atoms with van der Waals surface area (Å²) in [6, 6.07) is 0. The van der Waals surface area contributed by atoms with Gasteiger partial charge in [-0.2, -0.15) is 0 Å². The van der Waals surface area contributed by atoms with Gasteiger partial charge in [0.05, 0.1) is 24.4 Å². The molecule has 2 saturated carbocycles. The summed E-state index contributed by atoms with van der Waals surface area (Å²) in [5.41, 5.74) is -1.51. The highest BCUT2D eigenvalue weighted by molar-refractivity contribution is 6.05. The Labute approximate surface area is 500 Å². The number of hydrogen-bond acceptors (Lipinski definition) is 12. The van der Waals surface area contributed by atoms with Crippen LogP contribution in [0.5, 0.6) is 0 Å². The number of carbonyl (C=O) groups is 11. The van der Waals surface area contributed by atoms with Crippen molar-refractivity contribution in [3.8, 4) is 0 Å². The zero-order chi connectivity index (χ0) is 63.2. The summed E-state index contributed by atoms with van der Waals surface area (Å²) in [5, 5.41) is 3.05. The van der Waals surface area contributed by atoms with Crippen LogP contribution in [0.15, 0.2) is 0 Å². The number of ether oxygens (including phenoxy) is 1. The van der Waals surface area contributed by atoms with Gasteiger partial charge in [-0.15, -0.1) is 0 Å². The minimum Gasteiger partial charge on any atom is -0.381 e. The van der Waals surface area contributed by atoms with E-state index in [0.717, 1.165) is 70.6 Å². The number of nitrogens with one attached hydrogen (secondary N) is 1. The van der Waals surface area contributed by atoms with Crippen molar-refractivity contribution in [3.63, 3.8) is 0 Å². The highest BCUT2D eigenvalue weighted by atomic mass is 16.5. The lowest BCUT2D eigenvalue weighted by atomic mass is 9.73. The molecule has 16 nitrogen and oxygen atoms in total. The molecular weight excluding hydrogens is 1050 g/mol. The number of imide groups is 3. The Balaban J connectivity index is 0.000000330. The van der Waals surface area contributed by atoms with Gasteiger partial charge in [0.25, 0.3) is 0 Å². The van der Waals surface area contributed by atoms with Crippen molar-refractivity contribution in [3.05, 3.63) is 0 Å². The van der Waals surface area contributed by atoms with E-state index in [-0.39, 0.29) is 134 Å². The summed E-state index contributed by atoms with van der Waals surface area (Å²) >= 11 is 0. The smallest absolute Gasteiger partial charge is 0.233 e. The lowest BCUT2D eigenvalue weighted by molar-refractivity contribution is -0.143. The van der Waals surface area contributed by atoms with E-state index < -0.39 is 0 Å². The van der Waals surface area contributed by atoms with Crippen LogP contribution in [-0.2, 0) is 57.5 Å². The Morgan fingerprint density at radius 1 is 0.434 bits per heavy atom. The molecule has 0 spiro atoms. The average Bonchev–Trinajstić information content (AvgIpc) is 3.99. The first kappa shape index (κ1) is 72.8. The van der Waals surface area contributed by atoms with Gasteiger partial charge in [-0.05, 0) is 98.7 Å². The Morgan fingerprint density at radius 3 is 1.23 bits per heavy atom. The van der Waals surface area contributed by atoms with Crippen LogP contribution in [0.4, 0.5) is 0 Å². The SMILES string of the molecule is CC(C)(C)C(=O)C1CCC(CN2C(=O)CC(C(C)(C)C)C2=O)CC1.CC(C)(C)C(=O)CCCCCNC(=O)C1CCC(CN2C(=O)CC(C(C)(C)C)C2=O)CC1.CC(C)(C)C(=O)CCOCCCC(=O)CCN1C(=O)CC(C(C)(C)C)C1=O. The maximum absolute atomic E-state index is 12.7. The minimum atomic E-state index is -0.351. The fourth-order valence-corrected chi connectivity index (χ4v) is 11.7. The monoisotopic (exact) mass is 1160 g/mol. The largest absolute Gasteiger partial charge is 0.381 e. The van der Waals surface area contributed by atoms with Gasteiger partial charge in [0.2, 0.25) is 41.4 Å². The number of ketones is 4. The summed E-state index contributed by atoms with van der Waals surface area (Å²) in [6.45, 7) is 38.1. The third-order valence-electron chi connectivity index (χ3n) is 17.8. The van der Waals surface area contributed by atoms with Crippen molar-refractivity contribution in [1.82, 2.24) is 20.0 Å². The van der Waals surface area contributed by atoms with Gasteiger partial charge in [0, 0.05) is 106 Å². The molecule has 472 valence electrons. The highest BCUT2D eigenvalue weighted by Crippen LogP contribution is 2.41. The molecule has 3 saturated heterocycles. The zero-order valence-corrected chi connectivity index (χ0v) is 55.0. The van der Waals surface area contributed by atoms with Crippen molar-refractivity contribution >= 4 is 64.5 Å². The Morgan fingerprint density at radius 2 is 0.831 bits per heavy atom. The maximum Gasteiger partial charge on any atom is 0.233 e. The molecule has 5 fully saturated rings. The Kier molecular flexibility index (Phi) is 27.0. The third kappa shape index (κ3) is 23.0. The van der Waals surface area contributed by atoms with E-state index in [4.69, 9.17) is 4.74 Å². The van der Waals surface area contributed by atoms with Crippen LogP contribution in [0.2, 0.25) is 0 Å². The predicted molar refractivity (Wildman–Crippen MR) is 323 cm³/mol. The number of Topliss-reactive ketones (excluding diaryl/α,β-unsaturated/α-hetero) is 4. The van der Waals surface area contributed by atoms with Crippen LogP contribution in [0.25, 0.3) is 0 Å². The summed E-state index contributed by atoms with van der Waals surface area (Å²) < 4.78 is 5.42. The minimum absolute atomic E-state index is 0.000362. The molecule has 0 radical (unpaired) electrons. The first-order valence-electron chi connectivity index (χ1n) is 31.6. The fraction of sp³-hybridized carbons (Fsp3) is 0.836. The molecule has 3 aliphatic heterocycles. The van der Waals surface area contributed by atoms with Crippen molar-refractivity contribution in [1.29, 1.82) is 0 Å². The lowest BCUT2D eigenvalue weighted by Crippen LogP contribution is -2.39. The number of carbonyl (C=O) groups excluding carboxylic acids is 11. The standard InChI is InChI=1S/C26H44N2O4.C21H35NO5.C20H33NO3/c1-25(2,3)20-16-22(30)28(24(20)32)17-18-11-13-19(14-12-18)23(31)27-15-9-7-8-10-21(29)26(4,5)6;1-20(2,3)16-14-18(25)22(19(16)26)11-9-15(23)8-7-12-27-13-10-17(24)21(4,5)6;1-19(2,3)15-11-16(22)21(18(15)24)12-13-7-9-14(10-8-13)17(23)20(4,5)6/h18-20H,7-17H2,1-6H3,(H,27,31);16H,7-14H2,1-6H3;13-15H,7-12H2,1-6H3. The van der Waals surface area contributed by atoms with Crippen LogP contribution in [-0.4, -0.2) is 119 Å². The number of hydrogen-bond donors (Lipinski definition) is 1. The summed E-state index contributed by atoms with van der Waals surface area (Å²) in [7, 11) is 0. The lowest BCUT2D eigenvalue weighted by Gasteiger charge is -2.33. The predicted octanol–water partition coefficient (Wildman–Crippen LogP) is 11.5. The number of amides is 7. The molecular formula is C67H112N4O12. The fourth-order valence-electron chi connectivity index (χ4n) is 11.7. The van der Waals surface area contributed by atoms with Gasteiger partial charge in [-0.1, -0.05) is 131 Å². The molecule has 83 heavy (non-hydrogen) atoms. The molecule has 0 aromatic heterocycles. The molecule has 0 bridgehead atoms. The molecule has 3 atom stereocenters. The summed E-state index contributed by atoms with van der Waals surface area (Å²) in [5.74, 6) is 0.627. The van der Waals surface area contributed by atoms with Crippen molar-refractivity contribution in [2.24, 2.45) is 73.9 Å². The molecule has 5 rings (SSSR count). The number of unbranched alkanes of at least 4 members (excludes halogenated alkanes) is 2. The first-order valence-corrected chi connectivity index (χ1v) is 31.6. The second-order valence-corrected chi connectivity index (χ2v) is 31.2. The molecule has 16 heteroatoms. The Hall–Kier alpha value is -4.47. The van der Waals surface area contributed by atoms with Crippen LogP contribution >= 0.6 is 0 Å². The van der Waals surface area contributed by atoms with Gasteiger partial charge < -0.3 is 10.1 Å². The normalized spacial score (nSPS) is 23.9. The molecule has 1 N–H and O–H groups in total. The second kappa shape index (κ2) is 30.7. The topological polar surface area (TPSA) is 219 Å². The van der Waals surface area contributed by atoms with Gasteiger partial charge in [-0.25, -0.2) is 0 Å². The number of rotatable bonds is 22. The van der Waals surface area contributed by atoms with E-state index in [1.165, 1.54) is 14.7 Å². The van der Waals surface area contributed by atoms with Gasteiger partial charge >= 0.3 is 0 Å². The van der Waals surface area contributed by atoms with Crippen molar-refractivity contribution < 1.29 is 57.5 Å². The van der Waals surface area contributed by atoms with E-state index in [0.29, 0.717) is 94.8 Å². The third-order valence-corrected chi connectivity index (χ3v) is 17.8. The molecule has 7 amide bonds. The van der Waals surface area contributed by atoms with E-state index in [1.54, 1.807) is 0 Å². The maximum atomic E-state index is 12.7. The van der Waals surface area contributed by atoms with E-state index in [2.05, 4.69) is 5.32 Å². The molecule has 0 aromatic rings. The van der Waals surface area contributed by atoms with E-state index in [9.17, 15) is 52.7 Å². The summed E-state index contributed by atoms with van der Waals surface area (Å²) in [4.78, 5) is 139.